The Kier molecular flexibility index (Phi) is 5.48. The van der Waals surface area contributed by atoms with Gasteiger partial charge in [0.05, 0.1) is 18.9 Å². The molecular weight excluding hydrogens is 364 g/mol. The van der Waals surface area contributed by atoms with Crippen LogP contribution in [0, 0.1) is 0 Å². The molecule has 0 saturated heterocycles. The fourth-order valence-electron chi connectivity index (χ4n) is 1.84. The Morgan fingerprint density at radius 2 is 1.96 bits per heavy atom. The maximum absolute atomic E-state index is 12.0. The third-order valence-corrected chi connectivity index (χ3v) is 3.64. The molecule has 0 atom stereocenters. The van der Waals surface area contributed by atoms with Gasteiger partial charge in [-0.2, -0.15) is 5.10 Å². The van der Waals surface area contributed by atoms with E-state index in [1.54, 1.807) is 30.3 Å². The number of carboxylic acid groups (broad SMARTS) is 1. The van der Waals surface area contributed by atoms with Crippen molar-refractivity contribution in [1.82, 2.24) is 5.43 Å². The number of aromatic carboxylic acids is 1. The lowest BCUT2D eigenvalue weighted by atomic mass is 10.1. The van der Waals surface area contributed by atoms with E-state index >= 15 is 0 Å². The summed E-state index contributed by atoms with van der Waals surface area (Å²) in [6.07, 6.45) is 1.36. The predicted octanol–water partition coefficient (Wildman–Crippen LogP) is 2.92. The zero-order chi connectivity index (χ0) is 16.8. The first kappa shape index (κ1) is 16.7. The summed E-state index contributed by atoms with van der Waals surface area (Å²) in [4.78, 5) is 23.1. The van der Waals surface area contributed by atoms with Gasteiger partial charge in [-0.25, -0.2) is 10.2 Å². The average molecular weight is 377 g/mol. The molecule has 2 rings (SSSR count). The van der Waals surface area contributed by atoms with Gasteiger partial charge in [-0.3, -0.25) is 4.79 Å². The van der Waals surface area contributed by atoms with Crippen LogP contribution in [0.25, 0.3) is 0 Å². The fraction of sp³-hybridized carbons (Fsp3) is 0.0625. The van der Waals surface area contributed by atoms with E-state index in [2.05, 4.69) is 26.5 Å². The van der Waals surface area contributed by atoms with Crippen LogP contribution in [-0.4, -0.2) is 30.3 Å². The summed E-state index contributed by atoms with van der Waals surface area (Å²) in [6.45, 7) is 0. The monoisotopic (exact) mass is 376 g/mol. The van der Waals surface area contributed by atoms with E-state index in [0.29, 0.717) is 15.6 Å². The Morgan fingerprint density at radius 3 is 2.61 bits per heavy atom. The zero-order valence-electron chi connectivity index (χ0n) is 12.1. The van der Waals surface area contributed by atoms with Crippen molar-refractivity contribution >= 4 is 34.0 Å². The van der Waals surface area contributed by atoms with E-state index < -0.39 is 5.97 Å². The minimum Gasteiger partial charge on any atom is -0.496 e. The summed E-state index contributed by atoms with van der Waals surface area (Å²) in [5.41, 5.74) is 3.38. The molecule has 0 unspecified atom stereocenters. The number of nitrogens with zero attached hydrogens (tertiary/aromatic N) is 1. The number of rotatable bonds is 5. The number of nitrogens with one attached hydrogen (secondary N) is 1. The van der Waals surface area contributed by atoms with E-state index in [9.17, 15) is 9.59 Å². The second kappa shape index (κ2) is 7.55. The van der Waals surface area contributed by atoms with Crippen molar-refractivity contribution in [2.45, 2.75) is 0 Å². The van der Waals surface area contributed by atoms with Crippen molar-refractivity contribution in [3.8, 4) is 5.75 Å². The normalized spacial score (nSPS) is 10.5. The number of hydrogen-bond acceptors (Lipinski definition) is 4. The van der Waals surface area contributed by atoms with Crippen LogP contribution >= 0.6 is 15.9 Å². The molecule has 0 fully saturated rings. The second-order valence-corrected chi connectivity index (χ2v) is 5.30. The lowest BCUT2D eigenvalue weighted by molar-refractivity contribution is 0.0693. The largest absolute Gasteiger partial charge is 0.496 e. The van der Waals surface area contributed by atoms with Gasteiger partial charge in [0.25, 0.3) is 5.91 Å². The quantitative estimate of drug-likeness (QED) is 0.620. The number of methoxy groups -OCH3 is 1. The minimum atomic E-state index is -1.10. The molecule has 0 aliphatic heterocycles. The highest BCUT2D eigenvalue weighted by Crippen LogP contribution is 2.19. The van der Waals surface area contributed by atoms with Crippen molar-refractivity contribution < 1.29 is 19.4 Å². The molecule has 23 heavy (non-hydrogen) atoms. The molecule has 0 saturated carbocycles. The number of hydrazone groups is 1. The number of halogens is 1. The highest BCUT2D eigenvalue weighted by molar-refractivity contribution is 9.10. The van der Waals surface area contributed by atoms with E-state index in [1.807, 2.05) is 0 Å². The minimum absolute atomic E-state index is 0.0218. The van der Waals surface area contributed by atoms with E-state index in [1.165, 1.54) is 25.5 Å². The van der Waals surface area contributed by atoms with Crippen molar-refractivity contribution in [3.63, 3.8) is 0 Å². The van der Waals surface area contributed by atoms with Gasteiger partial charge in [0.15, 0.2) is 0 Å². The molecular formula is C16H13BrN2O4. The van der Waals surface area contributed by atoms with E-state index in [-0.39, 0.29) is 17.2 Å². The van der Waals surface area contributed by atoms with Crippen LogP contribution in [0.5, 0.6) is 5.75 Å². The highest BCUT2D eigenvalue weighted by atomic mass is 79.9. The Bertz CT molecular complexity index is 774. The maximum Gasteiger partial charge on any atom is 0.339 e. The molecule has 0 heterocycles. The second-order valence-electron chi connectivity index (χ2n) is 4.44. The Balaban J connectivity index is 2.12. The topological polar surface area (TPSA) is 88.0 Å². The van der Waals surface area contributed by atoms with Crippen LogP contribution in [0.4, 0.5) is 0 Å². The van der Waals surface area contributed by atoms with Gasteiger partial charge >= 0.3 is 5.97 Å². The fourth-order valence-corrected chi connectivity index (χ4v) is 2.31. The van der Waals surface area contributed by atoms with Crippen molar-refractivity contribution in [3.05, 3.63) is 63.6 Å². The molecule has 7 heteroatoms. The van der Waals surface area contributed by atoms with Gasteiger partial charge in [-0.1, -0.05) is 12.1 Å². The van der Waals surface area contributed by atoms with Crippen LogP contribution in [0.1, 0.15) is 26.3 Å². The number of carbonyl (C=O) groups is 2. The van der Waals surface area contributed by atoms with E-state index in [4.69, 9.17) is 9.84 Å². The number of amides is 1. The lowest BCUT2D eigenvalue weighted by Crippen LogP contribution is -2.18. The summed E-state index contributed by atoms with van der Waals surface area (Å²) in [7, 11) is 1.40. The van der Waals surface area contributed by atoms with Gasteiger partial charge < -0.3 is 9.84 Å². The summed E-state index contributed by atoms with van der Waals surface area (Å²) in [5, 5.41) is 13.0. The van der Waals surface area contributed by atoms with Gasteiger partial charge in [0, 0.05) is 4.47 Å². The summed E-state index contributed by atoms with van der Waals surface area (Å²) in [5.74, 6) is -1.22. The molecule has 0 aliphatic carbocycles. The molecule has 6 nitrogen and oxygen atoms in total. The average Bonchev–Trinajstić information content (AvgIpc) is 2.55. The first-order valence-corrected chi connectivity index (χ1v) is 7.31. The van der Waals surface area contributed by atoms with Crippen molar-refractivity contribution in [1.29, 1.82) is 0 Å². The van der Waals surface area contributed by atoms with Crippen LogP contribution < -0.4 is 10.2 Å². The van der Waals surface area contributed by atoms with Gasteiger partial charge in [-0.15, -0.1) is 0 Å². The third kappa shape index (κ3) is 4.17. The smallest absolute Gasteiger partial charge is 0.339 e. The molecule has 0 radical (unpaired) electrons. The molecule has 0 aromatic heterocycles. The third-order valence-electron chi connectivity index (χ3n) is 2.95. The van der Waals surface area contributed by atoms with Crippen LogP contribution in [0.2, 0.25) is 0 Å². The molecule has 2 aromatic carbocycles. The first-order chi connectivity index (χ1) is 11.0. The number of carboxylic acids is 1. The maximum atomic E-state index is 12.0. The molecule has 1 amide bonds. The van der Waals surface area contributed by atoms with Gasteiger partial charge in [0.2, 0.25) is 0 Å². The Morgan fingerprint density at radius 1 is 1.22 bits per heavy atom. The van der Waals surface area contributed by atoms with Crippen LogP contribution in [0.3, 0.4) is 0 Å². The number of carbonyl (C=O) groups excluding carboxylic acids is 1. The summed E-state index contributed by atoms with van der Waals surface area (Å²) < 4.78 is 5.63. The Hall–Kier alpha value is -2.67. The highest BCUT2D eigenvalue weighted by Gasteiger charge is 2.11. The SMILES string of the molecule is COc1ccc(C=NNC(=O)c2ccccc2Br)cc1C(=O)O. The molecule has 2 N–H and O–H groups in total. The summed E-state index contributed by atoms with van der Waals surface area (Å²) >= 11 is 3.28. The number of ether oxygens (including phenoxy) is 1. The van der Waals surface area contributed by atoms with Gasteiger partial charge in [-0.05, 0) is 51.8 Å². The van der Waals surface area contributed by atoms with Crippen molar-refractivity contribution in [2.75, 3.05) is 7.11 Å². The molecule has 118 valence electrons. The molecule has 0 spiro atoms. The Labute approximate surface area is 140 Å². The zero-order valence-corrected chi connectivity index (χ0v) is 13.7. The van der Waals surface area contributed by atoms with Crippen LogP contribution in [-0.2, 0) is 0 Å². The van der Waals surface area contributed by atoms with Gasteiger partial charge in [0.1, 0.15) is 11.3 Å². The number of hydrogen-bond donors (Lipinski definition) is 2. The molecule has 2 aromatic rings. The molecule has 0 aliphatic rings. The van der Waals surface area contributed by atoms with E-state index in [0.717, 1.165) is 0 Å². The van der Waals surface area contributed by atoms with Crippen LogP contribution in [0.15, 0.2) is 52.0 Å². The first-order valence-electron chi connectivity index (χ1n) is 6.52. The number of benzene rings is 2. The molecule has 0 bridgehead atoms. The summed E-state index contributed by atoms with van der Waals surface area (Å²) in [6, 6.07) is 11.5. The lowest BCUT2D eigenvalue weighted by Gasteiger charge is -2.05. The van der Waals surface area contributed by atoms with Crippen molar-refractivity contribution in [2.24, 2.45) is 5.10 Å². The predicted molar refractivity (Wildman–Crippen MR) is 89.2 cm³/mol. The standard InChI is InChI=1S/C16H13BrN2O4/c1-23-14-7-6-10(8-12(14)16(21)22)9-18-19-15(20)11-4-2-3-5-13(11)17/h2-9H,1H3,(H,19,20)(H,21,22).